The second kappa shape index (κ2) is 9.26. The van der Waals surface area contributed by atoms with Gasteiger partial charge in [-0.1, -0.05) is 49.9 Å². The summed E-state index contributed by atoms with van der Waals surface area (Å²) >= 11 is 0. The van der Waals surface area contributed by atoms with Gasteiger partial charge in [-0.15, -0.1) is 0 Å². The number of ether oxygens (including phenoxy) is 1. The van der Waals surface area contributed by atoms with Gasteiger partial charge in [0.25, 0.3) is 5.91 Å². The van der Waals surface area contributed by atoms with Gasteiger partial charge >= 0.3 is 5.97 Å². The molecule has 1 heterocycles. The molecule has 7 nitrogen and oxygen atoms in total. The van der Waals surface area contributed by atoms with E-state index in [1.807, 2.05) is 24.3 Å². The molecule has 0 saturated heterocycles. The van der Waals surface area contributed by atoms with Crippen molar-refractivity contribution in [2.45, 2.75) is 76.6 Å². The lowest BCUT2D eigenvalue weighted by atomic mass is 9.96. The van der Waals surface area contributed by atoms with Crippen LogP contribution in [0.3, 0.4) is 0 Å². The minimum atomic E-state index is -3.61. The molecule has 1 aliphatic carbocycles. The maximum absolute atomic E-state index is 12.8. The normalized spacial score (nSPS) is 22.2. The van der Waals surface area contributed by atoms with Crippen molar-refractivity contribution in [1.29, 1.82) is 0 Å². The van der Waals surface area contributed by atoms with E-state index in [0.717, 1.165) is 47.4 Å². The summed E-state index contributed by atoms with van der Waals surface area (Å²) in [6, 6.07) is 6.60. The largest absolute Gasteiger partial charge is 0.451 e. The van der Waals surface area contributed by atoms with Gasteiger partial charge in [-0.3, -0.25) is 9.59 Å². The van der Waals surface area contributed by atoms with E-state index >= 15 is 0 Å². The Labute approximate surface area is 172 Å². The monoisotopic (exact) mass is 422 g/mol. The van der Waals surface area contributed by atoms with E-state index < -0.39 is 28.1 Å². The Kier molecular flexibility index (Phi) is 6.95. The van der Waals surface area contributed by atoms with Gasteiger partial charge < -0.3 is 10.1 Å². The van der Waals surface area contributed by atoms with E-state index in [2.05, 4.69) is 5.32 Å². The highest BCUT2D eigenvalue weighted by atomic mass is 32.2. The molecule has 1 amide bonds. The quantitative estimate of drug-likeness (QED) is 0.580. The van der Waals surface area contributed by atoms with Gasteiger partial charge in [0.1, 0.15) is 6.04 Å². The zero-order chi connectivity index (χ0) is 21.0. The van der Waals surface area contributed by atoms with Crippen LogP contribution >= 0.6 is 0 Å². The van der Waals surface area contributed by atoms with Crippen molar-refractivity contribution in [3.05, 3.63) is 35.4 Å². The average Bonchev–Trinajstić information content (AvgIpc) is 2.94. The average molecular weight is 423 g/mol. The van der Waals surface area contributed by atoms with Crippen molar-refractivity contribution >= 4 is 21.9 Å². The number of carbonyl (C=O) groups is 2. The number of esters is 1. The first-order valence-electron chi connectivity index (χ1n) is 10.3. The molecule has 160 valence electrons. The van der Waals surface area contributed by atoms with E-state index in [4.69, 9.17) is 4.74 Å². The molecule has 0 unspecified atom stereocenters. The van der Waals surface area contributed by atoms with Crippen LogP contribution in [0.2, 0.25) is 0 Å². The molecule has 1 aromatic rings. The smallest absolute Gasteiger partial charge is 0.325 e. The van der Waals surface area contributed by atoms with E-state index in [1.54, 1.807) is 0 Å². The first-order valence-corrected chi connectivity index (χ1v) is 12.1. The maximum Gasteiger partial charge on any atom is 0.325 e. The Morgan fingerprint density at radius 3 is 2.34 bits per heavy atom. The van der Waals surface area contributed by atoms with Gasteiger partial charge in [0, 0.05) is 19.0 Å². The number of nitrogens with one attached hydrogen (secondary N) is 1. The molecule has 0 bridgehead atoms. The van der Waals surface area contributed by atoms with Crippen molar-refractivity contribution in [3.8, 4) is 0 Å². The van der Waals surface area contributed by atoms with Crippen LogP contribution in [0.5, 0.6) is 0 Å². The standard InChI is InChI=1S/C21H30N2O5S/c1-15(20(24)22-18-11-5-3-4-6-12-18)28-21(25)19-13-16-9-7-8-10-17(16)14-23(19)29(2,26)27/h7-10,15,18-19H,3-6,11-14H2,1-2H3,(H,22,24)/t15-,19+/m1/s1. The van der Waals surface area contributed by atoms with Crippen LogP contribution in [-0.2, 0) is 37.3 Å². The fourth-order valence-corrected chi connectivity index (χ4v) is 5.09. The van der Waals surface area contributed by atoms with Crippen LogP contribution in [0.1, 0.15) is 56.6 Å². The lowest BCUT2D eigenvalue weighted by Crippen LogP contribution is -2.50. The Bertz CT molecular complexity index is 846. The van der Waals surface area contributed by atoms with Crippen molar-refractivity contribution in [2.75, 3.05) is 6.26 Å². The molecule has 0 spiro atoms. The minimum Gasteiger partial charge on any atom is -0.451 e. The van der Waals surface area contributed by atoms with Gasteiger partial charge in [-0.05, 0) is 30.9 Å². The number of nitrogens with zero attached hydrogens (tertiary/aromatic N) is 1. The second-order valence-corrected chi connectivity index (χ2v) is 10.0. The molecule has 0 radical (unpaired) electrons. The van der Waals surface area contributed by atoms with Crippen molar-refractivity contribution < 1.29 is 22.7 Å². The zero-order valence-corrected chi connectivity index (χ0v) is 17.9. The van der Waals surface area contributed by atoms with Gasteiger partial charge in [0.05, 0.1) is 6.26 Å². The Balaban J connectivity index is 1.66. The Morgan fingerprint density at radius 2 is 1.72 bits per heavy atom. The molecule has 29 heavy (non-hydrogen) atoms. The zero-order valence-electron chi connectivity index (χ0n) is 17.1. The fourth-order valence-electron chi connectivity index (χ4n) is 4.10. The summed E-state index contributed by atoms with van der Waals surface area (Å²) in [5.74, 6) is -1.01. The molecule has 1 fully saturated rings. The topological polar surface area (TPSA) is 92.8 Å². The summed E-state index contributed by atoms with van der Waals surface area (Å²) in [4.78, 5) is 25.3. The molecule has 8 heteroatoms. The number of benzene rings is 1. The SMILES string of the molecule is C[C@@H](OC(=O)[C@@H]1Cc2ccccc2CN1S(C)(=O)=O)C(=O)NC1CCCCCC1. The van der Waals surface area contributed by atoms with E-state index in [9.17, 15) is 18.0 Å². The summed E-state index contributed by atoms with van der Waals surface area (Å²) in [5, 5.41) is 2.98. The van der Waals surface area contributed by atoms with Crippen LogP contribution < -0.4 is 5.32 Å². The van der Waals surface area contributed by atoms with Crippen molar-refractivity contribution in [1.82, 2.24) is 9.62 Å². The molecule has 3 rings (SSSR count). The summed E-state index contributed by atoms with van der Waals surface area (Å²) in [6.07, 6.45) is 6.77. The number of fused-ring (bicyclic) bond motifs is 1. The van der Waals surface area contributed by atoms with Gasteiger partial charge in [0.15, 0.2) is 6.10 Å². The molecule has 2 aliphatic rings. The molecule has 0 aromatic heterocycles. The first-order chi connectivity index (χ1) is 13.8. The Morgan fingerprint density at radius 1 is 1.10 bits per heavy atom. The minimum absolute atomic E-state index is 0.111. The highest BCUT2D eigenvalue weighted by molar-refractivity contribution is 7.88. The Hall–Kier alpha value is -1.93. The summed E-state index contributed by atoms with van der Waals surface area (Å²) < 4.78 is 31.1. The molecule has 1 aromatic carbocycles. The molecule has 1 aliphatic heterocycles. The number of amides is 1. The van der Waals surface area contributed by atoms with Gasteiger partial charge in [-0.2, -0.15) is 4.31 Å². The predicted molar refractivity (Wildman–Crippen MR) is 110 cm³/mol. The molecule has 1 N–H and O–H groups in total. The molecular formula is C21H30N2O5S. The van der Waals surface area contributed by atoms with Crippen LogP contribution in [0.4, 0.5) is 0 Å². The predicted octanol–water partition coefficient (Wildman–Crippen LogP) is 2.14. The third-order valence-corrected chi connectivity index (χ3v) is 7.00. The summed E-state index contributed by atoms with van der Waals surface area (Å²) in [5.41, 5.74) is 1.80. The number of rotatable bonds is 5. The highest BCUT2D eigenvalue weighted by Crippen LogP contribution is 2.26. The van der Waals surface area contributed by atoms with E-state index in [0.29, 0.717) is 0 Å². The number of sulfonamides is 1. The van der Waals surface area contributed by atoms with Crippen LogP contribution in [0, 0.1) is 0 Å². The highest BCUT2D eigenvalue weighted by Gasteiger charge is 2.39. The molecule has 1 saturated carbocycles. The lowest BCUT2D eigenvalue weighted by molar-refractivity contribution is -0.159. The molecule has 2 atom stereocenters. The fraction of sp³-hybridized carbons (Fsp3) is 0.619. The molecular weight excluding hydrogens is 392 g/mol. The van der Waals surface area contributed by atoms with Crippen molar-refractivity contribution in [3.63, 3.8) is 0 Å². The van der Waals surface area contributed by atoms with Crippen LogP contribution in [0.25, 0.3) is 0 Å². The summed E-state index contributed by atoms with van der Waals surface area (Å²) in [7, 11) is -3.61. The maximum atomic E-state index is 12.8. The summed E-state index contributed by atoms with van der Waals surface area (Å²) in [6.45, 7) is 1.66. The third-order valence-electron chi connectivity index (χ3n) is 5.77. The van der Waals surface area contributed by atoms with Gasteiger partial charge in [-0.25, -0.2) is 8.42 Å². The van der Waals surface area contributed by atoms with Crippen molar-refractivity contribution in [2.24, 2.45) is 0 Å². The lowest BCUT2D eigenvalue weighted by Gasteiger charge is -2.34. The van der Waals surface area contributed by atoms with Gasteiger partial charge in [0.2, 0.25) is 10.0 Å². The van der Waals surface area contributed by atoms with Crippen LogP contribution in [0.15, 0.2) is 24.3 Å². The van der Waals surface area contributed by atoms with E-state index in [1.165, 1.54) is 19.8 Å². The number of hydrogen-bond acceptors (Lipinski definition) is 5. The number of carbonyl (C=O) groups excluding carboxylic acids is 2. The second-order valence-electron chi connectivity index (χ2n) is 8.07. The third kappa shape index (κ3) is 5.57. The van der Waals surface area contributed by atoms with Crippen LogP contribution in [-0.4, -0.2) is 49.0 Å². The number of hydrogen-bond donors (Lipinski definition) is 1. The van der Waals surface area contributed by atoms with E-state index in [-0.39, 0.29) is 24.9 Å². The first kappa shape index (κ1) is 21.8.